The molecule has 0 unspecified atom stereocenters. The van der Waals surface area contributed by atoms with E-state index in [2.05, 4.69) is 21.2 Å². The molecule has 1 aliphatic heterocycles. The van der Waals surface area contributed by atoms with Crippen LogP contribution in [0.15, 0.2) is 22.7 Å². The molecular weight excluding hydrogens is 317 g/mol. The van der Waals surface area contributed by atoms with Crippen molar-refractivity contribution >= 4 is 21.9 Å². The van der Waals surface area contributed by atoms with E-state index in [1.165, 1.54) is 6.07 Å². The standard InChI is InChI=1S/C13H15BrFNO3/c14-10-1-2-11(15)9(5-10)3-4-16-6-13(12(17)18)7-19-8-13/h1-2,5,16H,3-4,6-8H2,(H,17,18). The predicted molar refractivity (Wildman–Crippen MR) is 71.6 cm³/mol. The van der Waals surface area contributed by atoms with Crippen molar-refractivity contribution < 1.29 is 19.0 Å². The lowest BCUT2D eigenvalue weighted by Gasteiger charge is -2.37. The SMILES string of the molecule is O=C(O)C1(CNCCc2cc(Br)ccc2F)COC1. The highest BCUT2D eigenvalue weighted by atomic mass is 79.9. The zero-order chi connectivity index (χ0) is 13.9. The lowest BCUT2D eigenvalue weighted by molar-refractivity contribution is -0.178. The second-order valence-corrected chi connectivity index (χ2v) is 5.66. The third kappa shape index (κ3) is 3.32. The number of carboxylic acids is 1. The minimum absolute atomic E-state index is 0.237. The number of benzene rings is 1. The van der Waals surface area contributed by atoms with Gasteiger partial charge in [-0.15, -0.1) is 0 Å². The van der Waals surface area contributed by atoms with Crippen LogP contribution in [0.2, 0.25) is 0 Å². The maximum absolute atomic E-state index is 13.5. The van der Waals surface area contributed by atoms with E-state index in [0.717, 1.165) is 4.47 Å². The van der Waals surface area contributed by atoms with Crippen molar-refractivity contribution in [2.75, 3.05) is 26.3 Å². The van der Waals surface area contributed by atoms with Crippen molar-refractivity contribution in [3.05, 3.63) is 34.1 Å². The van der Waals surface area contributed by atoms with E-state index in [1.54, 1.807) is 12.1 Å². The summed E-state index contributed by atoms with van der Waals surface area (Å²) < 4.78 is 19.3. The van der Waals surface area contributed by atoms with Gasteiger partial charge in [0, 0.05) is 11.0 Å². The number of rotatable bonds is 6. The Morgan fingerprint density at radius 3 is 2.84 bits per heavy atom. The summed E-state index contributed by atoms with van der Waals surface area (Å²) >= 11 is 3.30. The average Bonchev–Trinajstić information content (AvgIpc) is 2.30. The second kappa shape index (κ2) is 5.98. The smallest absolute Gasteiger partial charge is 0.315 e. The van der Waals surface area contributed by atoms with E-state index >= 15 is 0 Å². The van der Waals surface area contributed by atoms with Crippen LogP contribution in [0, 0.1) is 11.2 Å². The molecule has 0 amide bonds. The van der Waals surface area contributed by atoms with Crippen LogP contribution >= 0.6 is 15.9 Å². The first kappa shape index (κ1) is 14.4. The molecule has 4 nitrogen and oxygen atoms in total. The quantitative estimate of drug-likeness (QED) is 0.781. The summed E-state index contributed by atoms with van der Waals surface area (Å²) in [4.78, 5) is 11.1. The molecule has 1 aromatic rings. The normalized spacial score (nSPS) is 16.9. The Hall–Kier alpha value is -0.980. The molecular formula is C13H15BrFNO3. The van der Waals surface area contributed by atoms with Gasteiger partial charge in [-0.05, 0) is 36.7 Å². The molecule has 104 valence electrons. The van der Waals surface area contributed by atoms with Crippen LogP contribution in [-0.2, 0) is 16.0 Å². The molecule has 1 fully saturated rings. The summed E-state index contributed by atoms with van der Waals surface area (Å²) in [6.07, 6.45) is 0.516. The van der Waals surface area contributed by atoms with Crippen molar-refractivity contribution in [3.63, 3.8) is 0 Å². The highest BCUT2D eigenvalue weighted by Gasteiger charge is 2.45. The topological polar surface area (TPSA) is 58.6 Å². The summed E-state index contributed by atoms with van der Waals surface area (Å²) in [5.41, 5.74) is -0.202. The molecule has 0 aromatic heterocycles. The highest BCUT2D eigenvalue weighted by molar-refractivity contribution is 9.10. The summed E-state index contributed by atoms with van der Waals surface area (Å²) in [6, 6.07) is 4.80. The molecule has 0 spiro atoms. The van der Waals surface area contributed by atoms with E-state index in [9.17, 15) is 9.18 Å². The van der Waals surface area contributed by atoms with Gasteiger partial charge in [0.05, 0.1) is 13.2 Å². The van der Waals surface area contributed by atoms with Crippen molar-refractivity contribution in [1.82, 2.24) is 5.32 Å². The molecule has 1 heterocycles. The van der Waals surface area contributed by atoms with Crippen LogP contribution in [-0.4, -0.2) is 37.4 Å². The van der Waals surface area contributed by atoms with Gasteiger partial charge in [0.15, 0.2) is 0 Å². The van der Waals surface area contributed by atoms with Crippen LogP contribution in [0.5, 0.6) is 0 Å². The number of aliphatic carboxylic acids is 1. The third-order valence-electron chi connectivity index (χ3n) is 3.25. The van der Waals surface area contributed by atoms with Gasteiger partial charge in [-0.25, -0.2) is 4.39 Å². The number of nitrogens with one attached hydrogen (secondary N) is 1. The second-order valence-electron chi connectivity index (χ2n) is 4.74. The van der Waals surface area contributed by atoms with Crippen molar-refractivity contribution in [3.8, 4) is 0 Å². The van der Waals surface area contributed by atoms with Gasteiger partial charge < -0.3 is 15.2 Å². The molecule has 0 bridgehead atoms. The number of ether oxygens (including phenoxy) is 1. The van der Waals surface area contributed by atoms with Crippen LogP contribution in [0.25, 0.3) is 0 Å². The number of hydrogen-bond acceptors (Lipinski definition) is 3. The van der Waals surface area contributed by atoms with Gasteiger partial charge in [0.2, 0.25) is 0 Å². The van der Waals surface area contributed by atoms with Gasteiger partial charge >= 0.3 is 5.97 Å². The minimum Gasteiger partial charge on any atom is -0.481 e. The van der Waals surface area contributed by atoms with E-state index in [4.69, 9.17) is 9.84 Å². The third-order valence-corrected chi connectivity index (χ3v) is 3.75. The molecule has 1 saturated heterocycles. The van der Waals surface area contributed by atoms with Crippen molar-refractivity contribution in [2.45, 2.75) is 6.42 Å². The molecule has 2 N–H and O–H groups in total. The Morgan fingerprint density at radius 2 is 2.26 bits per heavy atom. The fourth-order valence-electron chi connectivity index (χ4n) is 1.94. The first-order chi connectivity index (χ1) is 9.03. The largest absolute Gasteiger partial charge is 0.481 e. The first-order valence-electron chi connectivity index (χ1n) is 5.99. The minimum atomic E-state index is -0.847. The van der Waals surface area contributed by atoms with Gasteiger partial charge in [0.1, 0.15) is 11.2 Å². The maximum atomic E-state index is 13.5. The average molecular weight is 332 g/mol. The van der Waals surface area contributed by atoms with Gasteiger partial charge in [-0.1, -0.05) is 15.9 Å². The zero-order valence-corrected chi connectivity index (χ0v) is 11.9. The van der Waals surface area contributed by atoms with E-state index < -0.39 is 11.4 Å². The Kier molecular flexibility index (Phi) is 4.54. The Labute approximate surface area is 119 Å². The summed E-state index contributed by atoms with van der Waals surface area (Å²) in [5, 5.41) is 12.2. The number of carboxylic acid groups (broad SMARTS) is 1. The number of hydrogen-bond donors (Lipinski definition) is 2. The fraction of sp³-hybridized carbons (Fsp3) is 0.462. The van der Waals surface area contributed by atoms with Crippen LogP contribution in [0.3, 0.4) is 0 Å². The Bertz CT molecular complexity index is 477. The van der Waals surface area contributed by atoms with Gasteiger partial charge in [-0.3, -0.25) is 4.79 Å². The lowest BCUT2D eigenvalue weighted by atomic mass is 9.86. The van der Waals surface area contributed by atoms with E-state index in [1.807, 2.05) is 0 Å². The molecule has 6 heteroatoms. The van der Waals surface area contributed by atoms with Crippen LogP contribution < -0.4 is 5.32 Å². The lowest BCUT2D eigenvalue weighted by Crippen LogP contribution is -2.55. The van der Waals surface area contributed by atoms with Gasteiger partial charge in [-0.2, -0.15) is 0 Å². The summed E-state index contributed by atoms with van der Waals surface area (Å²) in [7, 11) is 0. The van der Waals surface area contributed by atoms with E-state index in [-0.39, 0.29) is 19.0 Å². The molecule has 0 radical (unpaired) electrons. The number of halogens is 2. The van der Waals surface area contributed by atoms with E-state index in [0.29, 0.717) is 25.1 Å². The monoisotopic (exact) mass is 331 g/mol. The molecule has 2 rings (SSSR count). The first-order valence-corrected chi connectivity index (χ1v) is 6.79. The molecule has 1 aromatic carbocycles. The fourth-order valence-corrected chi connectivity index (χ4v) is 2.34. The Balaban J connectivity index is 1.81. The Morgan fingerprint density at radius 1 is 1.53 bits per heavy atom. The van der Waals surface area contributed by atoms with Gasteiger partial charge in [0.25, 0.3) is 0 Å². The number of carbonyl (C=O) groups is 1. The maximum Gasteiger partial charge on any atom is 0.315 e. The van der Waals surface area contributed by atoms with Crippen molar-refractivity contribution in [1.29, 1.82) is 0 Å². The van der Waals surface area contributed by atoms with Crippen molar-refractivity contribution in [2.24, 2.45) is 5.41 Å². The summed E-state index contributed by atoms with van der Waals surface area (Å²) in [6.45, 7) is 1.35. The molecule has 19 heavy (non-hydrogen) atoms. The molecule has 0 aliphatic carbocycles. The summed E-state index contributed by atoms with van der Waals surface area (Å²) in [5.74, 6) is -1.09. The molecule has 1 aliphatic rings. The highest BCUT2D eigenvalue weighted by Crippen LogP contribution is 2.26. The molecule has 0 atom stereocenters. The zero-order valence-electron chi connectivity index (χ0n) is 10.3. The molecule has 0 saturated carbocycles. The predicted octanol–water partition coefficient (Wildman–Crippen LogP) is 1.82. The van der Waals surface area contributed by atoms with Crippen LogP contribution in [0.1, 0.15) is 5.56 Å². The van der Waals surface area contributed by atoms with Crippen LogP contribution in [0.4, 0.5) is 4.39 Å².